The second-order valence-electron chi connectivity index (χ2n) is 5.48. The van der Waals surface area contributed by atoms with E-state index in [-0.39, 0.29) is 16.5 Å². The number of benzene rings is 1. The molecule has 0 amide bonds. The van der Waals surface area contributed by atoms with Crippen molar-refractivity contribution in [3.8, 4) is 0 Å². The molecule has 2 rings (SSSR count). The second kappa shape index (κ2) is 7.09. The number of hydrogen-bond acceptors (Lipinski definition) is 4. The molecule has 1 fully saturated rings. The number of hydrogen-bond donors (Lipinski definition) is 0. The highest BCUT2D eigenvalue weighted by atomic mass is 35.5. The number of rotatable bonds is 5. The first-order valence-corrected chi connectivity index (χ1v) is 7.88. The normalized spacial score (nSPS) is 16.9. The van der Waals surface area contributed by atoms with E-state index in [1.807, 2.05) is 6.07 Å². The van der Waals surface area contributed by atoms with Crippen molar-refractivity contribution in [3.63, 3.8) is 0 Å². The molecule has 1 aromatic rings. The fourth-order valence-electron chi connectivity index (χ4n) is 2.96. The van der Waals surface area contributed by atoms with Crippen molar-refractivity contribution in [2.45, 2.75) is 31.7 Å². The Kier molecular flexibility index (Phi) is 5.42. The minimum absolute atomic E-state index is 0.101. The smallest absolute Gasteiger partial charge is 0.269 e. The number of non-ortho nitro benzene ring substituents is 1. The van der Waals surface area contributed by atoms with Crippen LogP contribution in [-0.2, 0) is 5.88 Å². The zero-order chi connectivity index (χ0) is 15.4. The Labute approximate surface area is 130 Å². The van der Waals surface area contributed by atoms with Gasteiger partial charge in [-0.15, -0.1) is 11.6 Å². The highest BCUT2D eigenvalue weighted by molar-refractivity contribution is 6.17. The summed E-state index contributed by atoms with van der Waals surface area (Å²) in [5, 5.41) is 10.9. The van der Waals surface area contributed by atoms with Crippen molar-refractivity contribution < 1.29 is 4.92 Å². The Morgan fingerprint density at radius 3 is 2.62 bits per heavy atom. The maximum atomic E-state index is 10.9. The molecule has 0 unspecified atom stereocenters. The summed E-state index contributed by atoms with van der Waals surface area (Å²) in [6.45, 7) is 5.50. The van der Waals surface area contributed by atoms with Gasteiger partial charge in [-0.05, 0) is 31.0 Å². The van der Waals surface area contributed by atoms with Gasteiger partial charge in [0.2, 0.25) is 0 Å². The van der Waals surface area contributed by atoms with Gasteiger partial charge in [0.05, 0.1) is 4.92 Å². The monoisotopic (exact) mass is 311 g/mol. The van der Waals surface area contributed by atoms with Gasteiger partial charge >= 0.3 is 0 Å². The standard InChI is InChI=1S/C15H22ClN3O2/c1-3-18-8-6-13(7-9-18)17(2)15-5-4-14(19(20)21)10-12(15)11-16/h4-5,10,13H,3,6-9,11H2,1-2H3. The lowest BCUT2D eigenvalue weighted by Crippen LogP contribution is -2.43. The van der Waals surface area contributed by atoms with Crippen LogP contribution >= 0.6 is 11.6 Å². The second-order valence-corrected chi connectivity index (χ2v) is 5.75. The molecule has 0 atom stereocenters. The van der Waals surface area contributed by atoms with Crippen LogP contribution in [0.15, 0.2) is 18.2 Å². The van der Waals surface area contributed by atoms with Crippen molar-refractivity contribution in [2.24, 2.45) is 0 Å². The third-order valence-electron chi connectivity index (χ3n) is 4.35. The number of nitro groups is 1. The minimum atomic E-state index is -0.375. The summed E-state index contributed by atoms with van der Waals surface area (Å²) in [6.07, 6.45) is 2.23. The van der Waals surface area contributed by atoms with Gasteiger partial charge in [-0.25, -0.2) is 0 Å². The van der Waals surface area contributed by atoms with Crippen LogP contribution in [0.1, 0.15) is 25.3 Å². The summed E-state index contributed by atoms with van der Waals surface area (Å²) in [6, 6.07) is 5.43. The van der Waals surface area contributed by atoms with E-state index in [0.29, 0.717) is 6.04 Å². The van der Waals surface area contributed by atoms with E-state index >= 15 is 0 Å². The van der Waals surface area contributed by atoms with Crippen LogP contribution in [0.2, 0.25) is 0 Å². The molecule has 0 aromatic heterocycles. The number of piperidine rings is 1. The summed E-state index contributed by atoms with van der Waals surface area (Å²) in [5.41, 5.74) is 1.93. The highest BCUT2D eigenvalue weighted by Gasteiger charge is 2.23. The molecule has 0 saturated carbocycles. The molecule has 6 heteroatoms. The van der Waals surface area contributed by atoms with E-state index < -0.39 is 0 Å². The average molecular weight is 312 g/mol. The van der Waals surface area contributed by atoms with Gasteiger partial charge in [0.1, 0.15) is 0 Å². The molecular weight excluding hydrogens is 290 g/mol. The molecule has 0 spiro atoms. The van der Waals surface area contributed by atoms with Gasteiger partial charge in [0.15, 0.2) is 0 Å². The lowest BCUT2D eigenvalue weighted by Gasteiger charge is -2.38. The Bertz CT molecular complexity index is 502. The Hall–Kier alpha value is -1.33. The number of anilines is 1. The van der Waals surface area contributed by atoms with E-state index in [0.717, 1.165) is 43.7 Å². The summed E-state index contributed by atoms with van der Waals surface area (Å²) in [5.74, 6) is 0.287. The van der Waals surface area contributed by atoms with Crippen molar-refractivity contribution in [1.82, 2.24) is 4.90 Å². The molecule has 1 aliphatic heterocycles. The molecule has 0 bridgehead atoms. The maximum Gasteiger partial charge on any atom is 0.269 e. The van der Waals surface area contributed by atoms with Crippen LogP contribution in [-0.4, -0.2) is 42.5 Å². The molecule has 1 aromatic carbocycles. The first-order valence-electron chi connectivity index (χ1n) is 7.35. The fourth-order valence-corrected chi connectivity index (χ4v) is 3.17. The average Bonchev–Trinajstić information content (AvgIpc) is 2.53. The lowest BCUT2D eigenvalue weighted by atomic mass is 10.0. The molecule has 0 radical (unpaired) electrons. The van der Waals surface area contributed by atoms with Crippen LogP contribution < -0.4 is 4.90 Å². The molecule has 1 heterocycles. The Morgan fingerprint density at radius 1 is 1.43 bits per heavy atom. The third kappa shape index (κ3) is 3.66. The molecule has 116 valence electrons. The lowest BCUT2D eigenvalue weighted by molar-refractivity contribution is -0.384. The predicted molar refractivity (Wildman–Crippen MR) is 86.2 cm³/mol. The van der Waals surface area contributed by atoms with Crippen LogP contribution in [0.5, 0.6) is 0 Å². The number of halogens is 1. The quantitative estimate of drug-likeness (QED) is 0.476. The van der Waals surface area contributed by atoms with E-state index in [2.05, 4.69) is 23.8 Å². The van der Waals surface area contributed by atoms with Gasteiger partial charge in [-0.1, -0.05) is 6.92 Å². The van der Waals surface area contributed by atoms with Crippen molar-refractivity contribution in [1.29, 1.82) is 0 Å². The van der Waals surface area contributed by atoms with Gasteiger partial charge in [0, 0.05) is 49.9 Å². The van der Waals surface area contributed by atoms with Crippen LogP contribution in [0.25, 0.3) is 0 Å². The number of likely N-dealkylation sites (tertiary alicyclic amines) is 1. The first kappa shape index (κ1) is 16.0. The maximum absolute atomic E-state index is 10.9. The van der Waals surface area contributed by atoms with Gasteiger partial charge in [-0.3, -0.25) is 10.1 Å². The van der Waals surface area contributed by atoms with Crippen LogP contribution in [0.3, 0.4) is 0 Å². The van der Waals surface area contributed by atoms with Crippen molar-refractivity contribution in [3.05, 3.63) is 33.9 Å². The summed E-state index contributed by atoms with van der Waals surface area (Å²) >= 11 is 5.98. The Balaban J connectivity index is 2.15. The van der Waals surface area contributed by atoms with E-state index in [1.165, 1.54) is 0 Å². The van der Waals surface area contributed by atoms with E-state index in [1.54, 1.807) is 12.1 Å². The molecule has 0 aliphatic carbocycles. The molecule has 21 heavy (non-hydrogen) atoms. The largest absolute Gasteiger partial charge is 0.371 e. The molecule has 0 N–H and O–H groups in total. The molecular formula is C15H22ClN3O2. The predicted octanol–water partition coefficient (Wildman–Crippen LogP) is 3.25. The van der Waals surface area contributed by atoms with Crippen molar-refractivity contribution >= 4 is 23.0 Å². The zero-order valence-corrected chi connectivity index (χ0v) is 13.3. The van der Waals surface area contributed by atoms with E-state index in [9.17, 15) is 10.1 Å². The minimum Gasteiger partial charge on any atom is -0.371 e. The number of nitro benzene ring substituents is 1. The van der Waals surface area contributed by atoms with Crippen molar-refractivity contribution in [2.75, 3.05) is 31.6 Å². The summed E-state index contributed by atoms with van der Waals surface area (Å²) < 4.78 is 0. The molecule has 1 saturated heterocycles. The Morgan fingerprint density at radius 2 is 2.10 bits per heavy atom. The fraction of sp³-hybridized carbons (Fsp3) is 0.600. The number of alkyl halides is 1. The van der Waals surface area contributed by atoms with E-state index in [4.69, 9.17) is 11.6 Å². The molecule has 5 nitrogen and oxygen atoms in total. The van der Waals surface area contributed by atoms with Crippen LogP contribution in [0.4, 0.5) is 11.4 Å². The van der Waals surface area contributed by atoms with Gasteiger partial charge in [0.25, 0.3) is 5.69 Å². The summed E-state index contributed by atoms with van der Waals surface area (Å²) in [7, 11) is 2.06. The topological polar surface area (TPSA) is 49.6 Å². The SMILES string of the molecule is CCN1CCC(N(C)c2ccc([N+](=O)[O-])cc2CCl)CC1. The van der Waals surface area contributed by atoms with Gasteiger partial charge in [-0.2, -0.15) is 0 Å². The number of nitrogens with zero attached hydrogens (tertiary/aromatic N) is 3. The third-order valence-corrected chi connectivity index (χ3v) is 4.64. The zero-order valence-electron chi connectivity index (χ0n) is 12.6. The summed E-state index contributed by atoms with van der Waals surface area (Å²) in [4.78, 5) is 15.2. The van der Waals surface area contributed by atoms with Crippen LogP contribution in [0, 0.1) is 10.1 Å². The first-order chi connectivity index (χ1) is 10.1. The van der Waals surface area contributed by atoms with Gasteiger partial charge < -0.3 is 9.80 Å². The molecule has 1 aliphatic rings. The highest BCUT2D eigenvalue weighted by Crippen LogP contribution is 2.29.